The number of hydrogen-bond donors (Lipinski definition) is 1. The molecule has 0 aliphatic heterocycles. The Hall–Kier alpha value is -1.88. The van der Waals surface area contributed by atoms with Gasteiger partial charge in [0.15, 0.2) is 5.78 Å². The quantitative estimate of drug-likeness (QED) is 0.826. The number of carbonyl (C=O) groups is 2. The van der Waals surface area contributed by atoms with Crippen LogP contribution in [0.1, 0.15) is 33.2 Å². The van der Waals surface area contributed by atoms with Crippen LogP contribution < -0.4 is 5.32 Å². The number of Topliss-reactive ketones (excluding diaryl/α,β-unsaturated/α-hetero) is 1. The van der Waals surface area contributed by atoms with Crippen molar-refractivity contribution in [2.75, 3.05) is 0 Å². The summed E-state index contributed by atoms with van der Waals surface area (Å²) < 4.78 is 5.10. The van der Waals surface area contributed by atoms with Crippen LogP contribution in [0.25, 0.3) is 0 Å². The van der Waals surface area contributed by atoms with Crippen LogP contribution in [0.15, 0.2) is 34.9 Å². The maximum atomic E-state index is 11.8. The summed E-state index contributed by atoms with van der Waals surface area (Å²) in [5, 5.41) is 2.72. The molecule has 0 unspecified atom stereocenters. The van der Waals surface area contributed by atoms with Gasteiger partial charge in [0.25, 0.3) is 0 Å². The number of nitrogens with one attached hydrogen (secondary N) is 1. The molecule has 0 fully saturated rings. The molecule has 2 rings (SSSR count). The van der Waals surface area contributed by atoms with Crippen LogP contribution in [0.3, 0.4) is 0 Å². The Kier molecular flexibility index (Phi) is 4.52. The van der Waals surface area contributed by atoms with E-state index in [0.717, 1.165) is 9.75 Å². The smallest absolute Gasteiger partial charge is 0.220 e. The normalized spacial score (nSPS) is 10.4. The molecule has 2 heterocycles. The Bertz CT molecular complexity index is 557. The third kappa shape index (κ3) is 4.06. The van der Waals surface area contributed by atoms with Crippen molar-refractivity contribution in [3.8, 4) is 0 Å². The van der Waals surface area contributed by atoms with Crippen molar-refractivity contribution in [2.45, 2.75) is 26.3 Å². The Labute approximate surface area is 115 Å². The van der Waals surface area contributed by atoms with E-state index in [4.69, 9.17) is 4.42 Å². The maximum absolute atomic E-state index is 11.8. The highest BCUT2D eigenvalue weighted by atomic mass is 32.1. The average Bonchev–Trinajstić information content (AvgIpc) is 3.04. The fourth-order valence-corrected chi connectivity index (χ4v) is 2.46. The average molecular weight is 277 g/mol. The van der Waals surface area contributed by atoms with E-state index in [0.29, 0.717) is 12.3 Å². The first-order chi connectivity index (χ1) is 9.15. The van der Waals surface area contributed by atoms with Gasteiger partial charge < -0.3 is 9.73 Å². The Morgan fingerprint density at radius 3 is 2.74 bits per heavy atom. The molecule has 0 aliphatic carbocycles. The zero-order chi connectivity index (χ0) is 13.7. The van der Waals surface area contributed by atoms with E-state index in [2.05, 4.69) is 5.32 Å². The van der Waals surface area contributed by atoms with E-state index in [-0.39, 0.29) is 24.5 Å². The van der Waals surface area contributed by atoms with Crippen molar-refractivity contribution in [3.05, 3.63) is 46.0 Å². The van der Waals surface area contributed by atoms with Gasteiger partial charge in [0.1, 0.15) is 5.76 Å². The van der Waals surface area contributed by atoms with Crippen molar-refractivity contribution >= 4 is 23.0 Å². The lowest BCUT2D eigenvalue weighted by molar-refractivity contribution is -0.121. The number of ketones is 1. The van der Waals surface area contributed by atoms with E-state index < -0.39 is 0 Å². The van der Waals surface area contributed by atoms with Crippen molar-refractivity contribution in [2.24, 2.45) is 0 Å². The maximum Gasteiger partial charge on any atom is 0.220 e. The summed E-state index contributed by atoms with van der Waals surface area (Å²) in [7, 11) is 0. The standard InChI is InChI=1S/C14H15NO3S/c1-10-4-6-13(19-10)12(16)5-7-14(17)15-9-11-3-2-8-18-11/h2-4,6,8H,5,7,9H2,1H3,(H,15,17). The minimum absolute atomic E-state index is 0.0197. The molecule has 0 atom stereocenters. The summed E-state index contributed by atoms with van der Waals surface area (Å²) in [5.74, 6) is 0.581. The largest absolute Gasteiger partial charge is 0.467 e. The molecule has 0 bridgehead atoms. The first kappa shape index (κ1) is 13.5. The van der Waals surface area contributed by atoms with Crippen molar-refractivity contribution in [1.29, 1.82) is 0 Å². The van der Waals surface area contributed by atoms with Gasteiger partial charge in [-0.05, 0) is 31.2 Å². The van der Waals surface area contributed by atoms with Crippen molar-refractivity contribution in [1.82, 2.24) is 5.32 Å². The summed E-state index contributed by atoms with van der Waals surface area (Å²) >= 11 is 1.46. The van der Waals surface area contributed by atoms with E-state index in [9.17, 15) is 9.59 Å². The highest BCUT2D eigenvalue weighted by molar-refractivity contribution is 7.14. The zero-order valence-electron chi connectivity index (χ0n) is 10.6. The van der Waals surface area contributed by atoms with Crippen molar-refractivity contribution < 1.29 is 14.0 Å². The van der Waals surface area contributed by atoms with Gasteiger partial charge in [0.05, 0.1) is 17.7 Å². The van der Waals surface area contributed by atoms with Gasteiger partial charge in [0, 0.05) is 17.7 Å². The zero-order valence-corrected chi connectivity index (χ0v) is 11.5. The summed E-state index contributed by atoms with van der Waals surface area (Å²) in [4.78, 5) is 25.2. The molecule has 1 N–H and O–H groups in total. The molecule has 4 nitrogen and oxygen atoms in total. The number of rotatable bonds is 6. The lowest BCUT2D eigenvalue weighted by Gasteiger charge is -2.02. The molecule has 2 aromatic heterocycles. The Balaban J connectivity index is 1.73. The topological polar surface area (TPSA) is 59.3 Å². The van der Waals surface area contributed by atoms with Crippen LogP contribution in [0, 0.1) is 6.92 Å². The van der Waals surface area contributed by atoms with Gasteiger partial charge >= 0.3 is 0 Å². The van der Waals surface area contributed by atoms with E-state index >= 15 is 0 Å². The van der Waals surface area contributed by atoms with Crippen LogP contribution in [0.5, 0.6) is 0 Å². The monoisotopic (exact) mass is 277 g/mol. The molecule has 0 aliphatic rings. The molecule has 1 amide bonds. The lowest BCUT2D eigenvalue weighted by Crippen LogP contribution is -2.22. The highest BCUT2D eigenvalue weighted by Crippen LogP contribution is 2.17. The number of aryl methyl sites for hydroxylation is 1. The molecule has 100 valence electrons. The fourth-order valence-electron chi connectivity index (χ4n) is 1.62. The molecule has 0 saturated heterocycles. The van der Waals surface area contributed by atoms with Gasteiger partial charge in [-0.15, -0.1) is 11.3 Å². The number of thiophene rings is 1. The van der Waals surface area contributed by atoms with Crippen LogP contribution >= 0.6 is 11.3 Å². The van der Waals surface area contributed by atoms with Gasteiger partial charge in [-0.25, -0.2) is 0 Å². The summed E-state index contributed by atoms with van der Waals surface area (Å²) in [6.07, 6.45) is 2.00. The van der Waals surface area contributed by atoms with Gasteiger partial charge in [-0.1, -0.05) is 0 Å². The SMILES string of the molecule is Cc1ccc(C(=O)CCC(=O)NCc2ccco2)s1. The molecular formula is C14H15NO3S. The lowest BCUT2D eigenvalue weighted by atomic mass is 10.2. The molecule has 0 spiro atoms. The van der Waals surface area contributed by atoms with Crippen LogP contribution in [0.2, 0.25) is 0 Å². The molecule has 5 heteroatoms. The summed E-state index contributed by atoms with van der Waals surface area (Å²) in [6.45, 7) is 2.32. The first-order valence-electron chi connectivity index (χ1n) is 6.04. The van der Waals surface area contributed by atoms with Crippen LogP contribution in [-0.4, -0.2) is 11.7 Å². The second kappa shape index (κ2) is 6.33. The molecule has 2 aromatic rings. The van der Waals surface area contributed by atoms with E-state index in [1.165, 1.54) is 11.3 Å². The molecule has 0 saturated carbocycles. The van der Waals surface area contributed by atoms with Crippen molar-refractivity contribution in [3.63, 3.8) is 0 Å². The van der Waals surface area contributed by atoms with Gasteiger partial charge in [-0.2, -0.15) is 0 Å². The third-order valence-corrected chi connectivity index (χ3v) is 3.68. The summed E-state index contributed by atoms with van der Waals surface area (Å²) in [5.41, 5.74) is 0. The number of amides is 1. The Morgan fingerprint density at radius 2 is 2.11 bits per heavy atom. The van der Waals surface area contributed by atoms with Gasteiger partial charge in [-0.3, -0.25) is 9.59 Å². The van der Waals surface area contributed by atoms with E-state index in [1.807, 2.05) is 19.1 Å². The summed E-state index contributed by atoms with van der Waals surface area (Å²) in [6, 6.07) is 7.28. The van der Waals surface area contributed by atoms with Gasteiger partial charge in [0.2, 0.25) is 5.91 Å². The minimum atomic E-state index is -0.141. The molecule has 0 aromatic carbocycles. The second-order valence-electron chi connectivity index (χ2n) is 4.19. The fraction of sp³-hybridized carbons (Fsp3) is 0.286. The van der Waals surface area contributed by atoms with E-state index in [1.54, 1.807) is 18.4 Å². The molecular weight excluding hydrogens is 262 g/mol. The van der Waals surface area contributed by atoms with Crippen LogP contribution in [-0.2, 0) is 11.3 Å². The number of hydrogen-bond acceptors (Lipinski definition) is 4. The molecule has 0 radical (unpaired) electrons. The molecule has 19 heavy (non-hydrogen) atoms. The Morgan fingerprint density at radius 1 is 1.26 bits per heavy atom. The second-order valence-corrected chi connectivity index (χ2v) is 5.48. The predicted molar refractivity (Wildman–Crippen MR) is 73.2 cm³/mol. The predicted octanol–water partition coefficient (Wildman–Crippen LogP) is 2.93. The number of carbonyl (C=O) groups excluding carboxylic acids is 2. The number of furan rings is 1. The minimum Gasteiger partial charge on any atom is -0.467 e. The third-order valence-electron chi connectivity index (χ3n) is 2.63. The highest BCUT2D eigenvalue weighted by Gasteiger charge is 2.11. The first-order valence-corrected chi connectivity index (χ1v) is 6.85. The van der Waals surface area contributed by atoms with Crippen LogP contribution in [0.4, 0.5) is 0 Å².